The molecule has 2 heterocycles. The lowest BCUT2D eigenvalue weighted by Gasteiger charge is -2.04. The molecule has 2 aromatic rings. The molecular formula is C15H20N4O3S. The number of nitrogens with zero attached hydrogens (tertiary/aromatic N) is 1. The summed E-state index contributed by atoms with van der Waals surface area (Å²) in [7, 11) is 0. The van der Waals surface area contributed by atoms with Gasteiger partial charge in [0.25, 0.3) is 5.56 Å². The quantitative estimate of drug-likeness (QED) is 0.545. The molecule has 0 fully saturated rings. The van der Waals surface area contributed by atoms with Gasteiger partial charge in [-0.15, -0.1) is 11.3 Å². The predicted molar refractivity (Wildman–Crippen MR) is 90.8 cm³/mol. The number of nitrogens with one attached hydrogen (secondary N) is 1. The minimum Gasteiger partial charge on any atom is -0.477 e. The lowest BCUT2D eigenvalue weighted by atomic mass is 10.1. The molecule has 2 rings (SSSR count). The van der Waals surface area contributed by atoms with Gasteiger partial charge in [-0.25, -0.2) is 4.79 Å². The molecule has 23 heavy (non-hydrogen) atoms. The average Bonchev–Trinajstić information content (AvgIpc) is 2.93. The summed E-state index contributed by atoms with van der Waals surface area (Å²) < 4.78 is 0. The van der Waals surface area contributed by atoms with Crippen molar-refractivity contribution in [2.24, 2.45) is 0 Å². The molecule has 2 aromatic heterocycles. The number of unbranched alkanes of at least 4 members (excludes halogenated alkanes) is 3. The molecule has 0 aliphatic carbocycles. The smallest absolute Gasteiger partial charge is 0.345 e. The number of nitrogens with two attached hydrogens (primary N) is 2. The molecule has 0 unspecified atom stereocenters. The maximum absolute atomic E-state index is 11.7. The van der Waals surface area contributed by atoms with Crippen LogP contribution in [-0.2, 0) is 12.8 Å². The van der Waals surface area contributed by atoms with Gasteiger partial charge >= 0.3 is 5.97 Å². The molecule has 0 aliphatic heterocycles. The first-order valence-corrected chi connectivity index (χ1v) is 8.25. The monoisotopic (exact) mass is 336 g/mol. The second-order valence-electron chi connectivity index (χ2n) is 5.30. The third-order valence-electron chi connectivity index (χ3n) is 3.54. The molecule has 0 aromatic carbocycles. The van der Waals surface area contributed by atoms with E-state index in [1.54, 1.807) is 6.07 Å². The Kier molecular flexibility index (Phi) is 5.75. The van der Waals surface area contributed by atoms with Crippen molar-refractivity contribution < 1.29 is 9.90 Å². The molecule has 0 saturated heterocycles. The number of nitrogen functional groups attached to an aromatic ring is 2. The van der Waals surface area contributed by atoms with Crippen molar-refractivity contribution in [2.45, 2.75) is 38.5 Å². The number of anilines is 2. The van der Waals surface area contributed by atoms with Crippen LogP contribution in [0.2, 0.25) is 0 Å². The number of H-pyrrole nitrogens is 1. The Labute approximate surface area is 137 Å². The highest BCUT2D eigenvalue weighted by atomic mass is 32.1. The van der Waals surface area contributed by atoms with E-state index in [9.17, 15) is 9.59 Å². The molecule has 8 heteroatoms. The van der Waals surface area contributed by atoms with Crippen molar-refractivity contribution in [3.8, 4) is 0 Å². The molecule has 0 atom stereocenters. The Morgan fingerprint density at radius 1 is 1.17 bits per heavy atom. The minimum atomic E-state index is -0.874. The van der Waals surface area contributed by atoms with Crippen LogP contribution < -0.4 is 17.0 Å². The van der Waals surface area contributed by atoms with E-state index < -0.39 is 5.97 Å². The van der Waals surface area contributed by atoms with Crippen molar-refractivity contribution >= 4 is 29.1 Å². The van der Waals surface area contributed by atoms with Gasteiger partial charge in [0, 0.05) is 4.88 Å². The molecule has 0 amide bonds. The Bertz CT molecular complexity index is 739. The number of aryl methyl sites for hydroxylation is 1. The van der Waals surface area contributed by atoms with Crippen LogP contribution in [0.3, 0.4) is 0 Å². The molecule has 0 radical (unpaired) electrons. The zero-order valence-electron chi connectivity index (χ0n) is 12.7. The maximum atomic E-state index is 11.7. The molecule has 0 spiro atoms. The van der Waals surface area contributed by atoms with Crippen LogP contribution in [0.1, 0.15) is 45.8 Å². The minimum absolute atomic E-state index is 0.0351. The van der Waals surface area contributed by atoms with E-state index in [0.717, 1.165) is 37.0 Å². The van der Waals surface area contributed by atoms with E-state index >= 15 is 0 Å². The highest BCUT2D eigenvalue weighted by Gasteiger charge is 2.08. The summed E-state index contributed by atoms with van der Waals surface area (Å²) in [6, 6.07) is 3.51. The fraction of sp³-hybridized carbons (Fsp3) is 0.400. The molecule has 0 saturated carbocycles. The number of thiophene rings is 1. The van der Waals surface area contributed by atoms with Crippen LogP contribution in [0.5, 0.6) is 0 Å². The number of rotatable bonds is 8. The summed E-state index contributed by atoms with van der Waals surface area (Å²) in [6.07, 6.45) is 5.29. The fourth-order valence-corrected chi connectivity index (χ4v) is 3.25. The predicted octanol–water partition coefficient (Wildman–Crippen LogP) is 2.04. The Morgan fingerprint density at radius 2 is 1.87 bits per heavy atom. The number of hydrogen-bond donors (Lipinski definition) is 4. The first-order valence-electron chi connectivity index (χ1n) is 7.43. The number of aromatic nitrogens is 2. The van der Waals surface area contributed by atoms with E-state index in [4.69, 9.17) is 16.6 Å². The van der Waals surface area contributed by atoms with Crippen molar-refractivity contribution in [1.29, 1.82) is 0 Å². The largest absolute Gasteiger partial charge is 0.477 e. The van der Waals surface area contributed by atoms with Crippen LogP contribution >= 0.6 is 11.3 Å². The molecular weight excluding hydrogens is 316 g/mol. The van der Waals surface area contributed by atoms with E-state index in [1.165, 1.54) is 11.3 Å². The lowest BCUT2D eigenvalue weighted by molar-refractivity contribution is 0.0702. The van der Waals surface area contributed by atoms with E-state index in [1.807, 2.05) is 6.07 Å². The van der Waals surface area contributed by atoms with Gasteiger partial charge in [0.15, 0.2) is 0 Å². The summed E-state index contributed by atoms with van der Waals surface area (Å²) in [5, 5.41) is 8.87. The van der Waals surface area contributed by atoms with Gasteiger partial charge in [0.2, 0.25) is 5.95 Å². The van der Waals surface area contributed by atoms with Crippen LogP contribution in [0.25, 0.3) is 0 Å². The van der Waals surface area contributed by atoms with Gasteiger partial charge in [-0.3, -0.25) is 9.78 Å². The summed E-state index contributed by atoms with van der Waals surface area (Å²) in [6.45, 7) is 0. The second kappa shape index (κ2) is 7.77. The SMILES string of the molecule is Nc1nc(N)c(CCCCCCc2ccc(C(=O)O)s2)c(=O)[nH]1. The molecule has 124 valence electrons. The fourth-order valence-electron chi connectivity index (χ4n) is 2.36. The van der Waals surface area contributed by atoms with Crippen molar-refractivity contribution in [3.05, 3.63) is 37.8 Å². The Balaban J connectivity index is 1.70. The molecule has 0 aliphatic rings. The van der Waals surface area contributed by atoms with Gasteiger partial charge in [0.1, 0.15) is 10.7 Å². The standard InChI is InChI=1S/C15H20N4O3S/c16-12-10(13(20)19-15(17)18-12)6-4-2-1-3-5-9-7-8-11(23-9)14(21)22/h7-8H,1-6H2,(H,21,22)(H5,16,17,18,19,20). The topological polar surface area (TPSA) is 135 Å². The average molecular weight is 336 g/mol. The zero-order chi connectivity index (χ0) is 16.8. The Morgan fingerprint density at radius 3 is 2.48 bits per heavy atom. The van der Waals surface area contributed by atoms with Crippen molar-refractivity contribution in [1.82, 2.24) is 9.97 Å². The number of carboxylic acid groups (broad SMARTS) is 1. The van der Waals surface area contributed by atoms with Crippen LogP contribution in [-0.4, -0.2) is 21.0 Å². The highest BCUT2D eigenvalue weighted by Crippen LogP contribution is 2.19. The van der Waals surface area contributed by atoms with Crippen LogP contribution in [0.4, 0.5) is 11.8 Å². The number of carbonyl (C=O) groups is 1. The van der Waals surface area contributed by atoms with Gasteiger partial charge in [0.05, 0.1) is 5.56 Å². The van der Waals surface area contributed by atoms with Gasteiger partial charge in [-0.05, 0) is 37.8 Å². The van der Waals surface area contributed by atoms with E-state index in [0.29, 0.717) is 16.9 Å². The summed E-state index contributed by atoms with van der Waals surface area (Å²) in [5.41, 5.74) is 11.3. The first-order chi connectivity index (χ1) is 11.0. The number of hydrogen-bond acceptors (Lipinski definition) is 6. The van der Waals surface area contributed by atoms with Crippen LogP contribution in [0.15, 0.2) is 16.9 Å². The van der Waals surface area contributed by atoms with Crippen molar-refractivity contribution in [3.63, 3.8) is 0 Å². The third-order valence-corrected chi connectivity index (χ3v) is 4.67. The van der Waals surface area contributed by atoms with E-state index in [2.05, 4.69) is 9.97 Å². The zero-order valence-corrected chi connectivity index (χ0v) is 13.5. The number of aromatic carboxylic acids is 1. The molecule has 0 bridgehead atoms. The molecule has 7 nitrogen and oxygen atoms in total. The number of carboxylic acids is 1. The number of aromatic amines is 1. The summed E-state index contributed by atoms with van der Waals surface area (Å²) in [4.78, 5) is 30.3. The van der Waals surface area contributed by atoms with Crippen molar-refractivity contribution in [2.75, 3.05) is 11.5 Å². The third kappa shape index (κ3) is 4.82. The highest BCUT2D eigenvalue weighted by molar-refractivity contribution is 7.13. The summed E-state index contributed by atoms with van der Waals surface area (Å²) >= 11 is 1.33. The van der Waals surface area contributed by atoms with Gasteiger partial charge in [-0.1, -0.05) is 12.8 Å². The summed E-state index contributed by atoms with van der Waals surface area (Å²) in [5.74, 6) is -0.639. The second-order valence-corrected chi connectivity index (χ2v) is 6.47. The normalized spacial score (nSPS) is 10.8. The van der Waals surface area contributed by atoms with Gasteiger partial charge in [-0.2, -0.15) is 4.98 Å². The van der Waals surface area contributed by atoms with Gasteiger partial charge < -0.3 is 16.6 Å². The molecule has 6 N–H and O–H groups in total. The Hall–Kier alpha value is -2.35. The van der Waals surface area contributed by atoms with E-state index in [-0.39, 0.29) is 17.3 Å². The maximum Gasteiger partial charge on any atom is 0.345 e. The lowest BCUT2D eigenvalue weighted by Crippen LogP contribution is -2.19. The van der Waals surface area contributed by atoms with Crippen LogP contribution in [0, 0.1) is 0 Å². The first kappa shape index (κ1) is 17.0.